The average Bonchev–Trinajstić information content (AvgIpc) is 3.15. The number of H-pyrrole nitrogens is 1. The molecule has 31 heavy (non-hydrogen) atoms. The number of hydrogen-bond acceptors (Lipinski definition) is 6. The lowest BCUT2D eigenvalue weighted by Crippen LogP contribution is -2.28. The van der Waals surface area contributed by atoms with Crippen molar-refractivity contribution in [2.75, 3.05) is 13.1 Å². The fraction of sp³-hybridized carbons (Fsp3) is 0.273. The summed E-state index contributed by atoms with van der Waals surface area (Å²) in [6.45, 7) is 3.29. The Morgan fingerprint density at radius 2 is 1.90 bits per heavy atom. The molecule has 9 heteroatoms. The number of benzene rings is 2. The Bertz CT molecular complexity index is 1310. The maximum atomic E-state index is 14.4. The Hall–Kier alpha value is -3.59. The molecule has 0 aliphatic carbocycles. The third-order valence-electron chi connectivity index (χ3n) is 5.34. The van der Waals surface area contributed by atoms with E-state index < -0.39 is 5.82 Å². The summed E-state index contributed by atoms with van der Waals surface area (Å²) in [5.41, 5.74) is 2.44. The molecule has 0 amide bonds. The first-order valence-electron chi connectivity index (χ1n) is 9.89. The molecule has 1 aliphatic heterocycles. The minimum absolute atomic E-state index is 0.169. The van der Waals surface area contributed by atoms with Gasteiger partial charge in [0.05, 0.1) is 10.9 Å². The topological polar surface area (TPSA) is 121 Å². The van der Waals surface area contributed by atoms with Crippen LogP contribution in [-0.4, -0.2) is 39.6 Å². The van der Waals surface area contributed by atoms with Crippen molar-refractivity contribution in [2.24, 2.45) is 0 Å². The van der Waals surface area contributed by atoms with Gasteiger partial charge in [-0.05, 0) is 61.3 Å². The van der Waals surface area contributed by atoms with Crippen LogP contribution in [-0.2, 0) is 4.79 Å². The van der Waals surface area contributed by atoms with Crippen molar-refractivity contribution in [1.82, 2.24) is 20.3 Å². The van der Waals surface area contributed by atoms with Crippen molar-refractivity contribution in [3.63, 3.8) is 0 Å². The number of oxazole rings is 1. The van der Waals surface area contributed by atoms with Crippen LogP contribution in [0.5, 0.6) is 0 Å². The Kier molecular flexibility index (Phi) is 5.77. The smallest absolute Gasteiger partial charge is 0.290 e. The second-order valence-electron chi connectivity index (χ2n) is 7.35. The standard InChI is InChI=1S/C21H19FN4O2.CH2O2/c1-11-24-19-16(22)9-14(10-18(19)28-11)13-2-3-17-15(8-13)21(27)26-20(25-17)12-4-6-23-7-5-12;2-1-3/h2-3,8-10,12,23H,4-7H2,1H3,(H,25,26,27);1H,(H,2,3). The van der Waals surface area contributed by atoms with Gasteiger partial charge in [0, 0.05) is 12.8 Å². The SMILES string of the molecule is Cc1nc2c(F)cc(-c3ccc4nc(C5CCNCC5)[nH]c(=O)c4c3)cc2o1.O=CO. The van der Waals surface area contributed by atoms with Crippen LogP contribution in [0, 0.1) is 12.7 Å². The maximum absolute atomic E-state index is 14.4. The highest BCUT2D eigenvalue weighted by Gasteiger charge is 2.19. The first-order chi connectivity index (χ1) is 15.0. The van der Waals surface area contributed by atoms with Gasteiger partial charge < -0.3 is 19.8 Å². The van der Waals surface area contributed by atoms with E-state index in [1.165, 1.54) is 6.07 Å². The van der Waals surface area contributed by atoms with E-state index in [9.17, 15) is 9.18 Å². The molecule has 160 valence electrons. The molecular formula is C22H21FN4O4. The van der Waals surface area contributed by atoms with E-state index in [0.29, 0.717) is 27.9 Å². The summed E-state index contributed by atoms with van der Waals surface area (Å²) in [6.07, 6.45) is 1.92. The third kappa shape index (κ3) is 4.17. The molecule has 1 aliphatic rings. The number of aromatic amines is 1. The maximum Gasteiger partial charge on any atom is 0.290 e. The predicted molar refractivity (Wildman–Crippen MR) is 114 cm³/mol. The molecule has 4 aromatic rings. The predicted octanol–water partition coefficient (Wildman–Crippen LogP) is 3.35. The number of halogens is 1. The van der Waals surface area contributed by atoms with Crippen molar-refractivity contribution >= 4 is 28.5 Å². The van der Waals surface area contributed by atoms with Crippen LogP contribution in [0.2, 0.25) is 0 Å². The second-order valence-corrected chi connectivity index (χ2v) is 7.35. The molecule has 0 spiro atoms. The van der Waals surface area contributed by atoms with Gasteiger partial charge in [0.2, 0.25) is 0 Å². The number of aromatic nitrogens is 3. The van der Waals surface area contributed by atoms with E-state index in [0.717, 1.165) is 37.3 Å². The van der Waals surface area contributed by atoms with Crippen LogP contribution in [0.25, 0.3) is 33.1 Å². The summed E-state index contributed by atoms with van der Waals surface area (Å²) in [5, 5.41) is 10.7. The van der Waals surface area contributed by atoms with E-state index in [4.69, 9.17) is 14.3 Å². The number of fused-ring (bicyclic) bond motifs is 2. The number of hydrogen-bond donors (Lipinski definition) is 3. The van der Waals surface area contributed by atoms with E-state index >= 15 is 0 Å². The quantitative estimate of drug-likeness (QED) is 0.422. The lowest BCUT2D eigenvalue weighted by Gasteiger charge is -2.21. The molecule has 0 unspecified atom stereocenters. The highest BCUT2D eigenvalue weighted by atomic mass is 19.1. The van der Waals surface area contributed by atoms with Crippen LogP contribution in [0.15, 0.2) is 39.5 Å². The monoisotopic (exact) mass is 424 g/mol. The Balaban J connectivity index is 0.000000730. The Labute approximate surface area is 176 Å². The number of carbonyl (C=O) groups is 1. The van der Waals surface area contributed by atoms with E-state index in [-0.39, 0.29) is 23.5 Å². The molecule has 3 N–H and O–H groups in total. The van der Waals surface area contributed by atoms with E-state index in [1.54, 1.807) is 19.1 Å². The summed E-state index contributed by atoms with van der Waals surface area (Å²) >= 11 is 0. The molecule has 1 saturated heterocycles. The molecular weight excluding hydrogens is 403 g/mol. The molecule has 2 aromatic heterocycles. The molecule has 0 saturated carbocycles. The summed E-state index contributed by atoms with van der Waals surface area (Å²) in [7, 11) is 0. The van der Waals surface area contributed by atoms with Crippen LogP contribution in [0.1, 0.15) is 30.5 Å². The molecule has 2 aromatic carbocycles. The number of piperidine rings is 1. The van der Waals surface area contributed by atoms with Gasteiger partial charge in [-0.25, -0.2) is 14.4 Å². The van der Waals surface area contributed by atoms with Gasteiger partial charge >= 0.3 is 0 Å². The number of nitrogens with zero attached hydrogens (tertiary/aromatic N) is 2. The number of aryl methyl sites for hydroxylation is 1. The zero-order chi connectivity index (χ0) is 22.0. The van der Waals surface area contributed by atoms with Gasteiger partial charge in [0.1, 0.15) is 11.3 Å². The van der Waals surface area contributed by atoms with Gasteiger partial charge in [-0.15, -0.1) is 0 Å². The first-order valence-corrected chi connectivity index (χ1v) is 9.89. The summed E-state index contributed by atoms with van der Waals surface area (Å²) in [6, 6.07) is 8.57. The largest absolute Gasteiger partial charge is 0.483 e. The molecule has 3 heterocycles. The van der Waals surface area contributed by atoms with Crippen molar-refractivity contribution in [3.8, 4) is 11.1 Å². The molecule has 5 rings (SSSR count). The first kappa shape index (κ1) is 20.7. The molecule has 0 atom stereocenters. The number of nitrogens with one attached hydrogen (secondary N) is 2. The summed E-state index contributed by atoms with van der Waals surface area (Å²) in [4.78, 5) is 32.7. The highest BCUT2D eigenvalue weighted by molar-refractivity contribution is 5.87. The Morgan fingerprint density at radius 1 is 1.16 bits per heavy atom. The van der Waals surface area contributed by atoms with E-state index in [2.05, 4.69) is 20.3 Å². The fourth-order valence-corrected chi connectivity index (χ4v) is 3.89. The van der Waals surface area contributed by atoms with Crippen LogP contribution < -0.4 is 10.9 Å². The molecule has 0 radical (unpaired) electrons. The van der Waals surface area contributed by atoms with Gasteiger partial charge in [-0.2, -0.15) is 0 Å². The molecule has 1 fully saturated rings. The lowest BCUT2D eigenvalue weighted by molar-refractivity contribution is -0.122. The van der Waals surface area contributed by atoms with Crippen LogP contribution in [0.3, 0.4) is 0 Å². The minimum atomic E-state index is -0.447. The van der Waals surface area contributed by atoms with Crippen molar-refractivity contribution in [1.29, 1.82) is 0 Å². The average molecular weight is 424 g/mol. The van der Waals surface area contributed by atoms with Gasteiger partial charge in [0.25, 0.3) is 12.0 Å². The number of rotatable bonds is 2. The second kappa shape index (κ2) is 8.65. The molecule has 0 bridgehead atoms. The van der Waals surface area contributed by atoms with Gasteiger partial charge in [-0.1, -0.05) is 6.07 Å². The minimum Gasteiger partial charge on any atom is -0.483 e. The van der Waals surface area contributed by atoms with Gasteiger partial charge in [0.15, 0.2) is 17.3 Å². The van der Waals surface area contributed by atoms with Crippen LogP contribution >= 0.6 is 0 Å². The van der Waals surface area contributed by atoms with E-state index in [1.807, 2.05) is 12.1 Å². The fourth-order valence-electron chi connectivity index (χ4n) is 3.89. The summed E-state index contributed by atoms with van der Waals surface area (Å²) in [5.74, 6) is 0.981. The Morgan fingerprint density at radius 3 is 2.65 bits per heavy atom. The zero-order valence-electron chi connectivity index (χ0n) is 16.8. The third-order valence-corrected chi connectivity index (χ3v) is 5.34. The number of carboxylic acid groups (broad SMARTS) is 1. The van der Waals surface area contributed by atoms with Crippen molar-refractivity contribution in [2.45, 2.75) is 25.7 Å². The van der Waals surface area contributed by atoms with Gasteiger partial charge in [-0.3, -0.25) is 9.59 Å². The zero-order valence-corrected chi connectivity index (χ0v) is 16.8. The molecule has 8 nitrogen and oxygen atoms in total. The van der Waals surface area contributed by atoms with Crippen molar-refractivity contribution < 1.29 is 18.7 Å². The van der Waals surface area contributed by atoms with Crippen molar-refractivity contribution in [3.05, 3.63) is 58.2 Å². The highest BCUT2D eigenvalue weighted by Crippen LogP contribution is 2.29. The normalized spacial score (nSPS) is 14.4. The van der Waals surface area contributed by atoms with Crippen LogP contribution in [0.4, 0.5) is 4.39 Å². The lowest BCUT2D eigenvalue weighted by atomic mass is 9.97. The summed E-state index contributed by atoms with van der Waals surface area (Å²) < 4.78 is 19.9.